The fourth-order valence-electron chi connectivity index (χ4n) is 2.24. The number of hydrogen-bond donors (Lipinski definition) is 2. The van der Waals surface area contributed by atoms with Crippen LogP contribution < -0.4 is 11.5 Å². The Morgan fingerprint density at radius 2 is 1.87 bits per heavy atom. The van der Waals surface area contributed by atoms with Gasteiger partial charge in [-0.2, -0.15) is 9.61 Å². The van der Waals surface area contributed by atoms with Gasteiger partial charge in [-0.05, 0) is 17.7 Å². The fourth-order valence-corrected chi connectivity index (χ4v) is 2.94. The summed E-state index contributed by atoms with van der Waals surface area (Å²) in [4.78, 5) is 4.15. The van der Waals surface area contributed by atoms with Gasteiger partial charge in [-0.1, -0.05) is 12.1 Å². The summed E-state index contributed by atoms with van der Waals surface area (Å²) >= 11 is 1.33. The SMILES string of the molecule is Nc1csc(-c2nnc3c(-c4ccc(F)cc4)cnn3c2N)n1. The first-order valence-electron chi connectivity index (χ1n) is 6.60. The van der Waals surface area contributed by atoms with E-state index >= 15 is 0 Å². The molecule has 3 heterocycles. The molecule has 0 fully saturated rings. The molecule has 0 bridgehead atoms. The Morgan fingerprint density at radius 3 is 2.57 bits per heavy atom. The Bertz CT molecular complexity index is 1010. The Hall–Kier alpha value is -3.07. The van der Waals surface area contributed by atoms with Crippen LogP contribution in [-0.4, -0.2) is 24.8 Å². The molecule has 4 aromatic rings. The topological polar surface area (TPSA) is 108 Å². The van der Waals surface area contributed by atoms with E-state index in [2.05, 4.69) is 20.3 Å². The molecule has 0 saturated carbocycles. The number of nitrogens with two attached hydrogens (primary N) is 2. The Labute approximate surface area is 133 Å². The predicted octanol–water partition coefficient (Wildman–Crippen LogP) is 2.22. The van der Waals surface area contributed by atoms with Gasteiger partial charge in [0.15, 0.2) is 17.2 Å². The van der Waals surface area contributed by atoms with Crippen LogP contribution in [0.5, 0.6) is 0 Å². The molecule has 0 amide bonds. The van der Waals surface area contributed by atoms with Crippen molar-refractivity contribution < 1.29 is 4.39 Å². The van der Waals surface area contributed by atoms with Gasteiger partial charge in [-0.25, -0.2) is 9.37 Å². The number of thiazole rings is 1. The zero-order valence-electron chi connectivity index (χ0n) is 11.6. The maximum atomic E-state index is 13.1. The van der Waals surface area contributed by atoms with Crippen molar-refractivity contribution >= 4 is 28.6 Å². The largest absolute Gasteiger partial charge is 0.383 e. The smallest absolute Gasteiger partial charge is 0.187 e. The molecule has 4 rings (SSSR count). The van der Waals surface area contributed by atoms with Gasteiger partial charge in [0.1, 0.15) is 16.6 Å². The van der Waals surface area contributed by atoms with Crippen molar-refractivity contribution in [3.8, 4) is 21.8 Å². The lowest BCUT2D eigenvalue weighted by molar-refractivity contribution is 0.628. The molecule has 0 aliphatic rings. The van der Waals surface area contributed by atoms with E-state index in [1.165, 1.54) is 28.0 Å². The van der Waals surface area contributed by atoms with Crippen molar-refractivity contribution in [3.63, 3.8) is 0 Å². The summed E-state index contributed by atoms with van der Waals surface area (Å²) in [6.07, 6.45) is 1.62. The van der Waals surface area contributed by atoms with E-state index < -0.39 is 0 Å². The third kappa shape index (κ3) is 2.18. The van der Waals surface area contributed by atoms with Crippen molar-refractivity contribution in [3.05, 3.63) is 41.7 Å². The first-order valence-corrected chi connectivity index (χ1v) is 7.48. The number of hydrogen-bond acceptors (Lipinski definition) is 7. The lowest BCUT2D eigenvalue weighted by Gasteiger charge is -2.03. The highest BCUT2D eigenvalue weighted by Crippen LogP contribution is 2.30. The number of rotatable bonds is 2. The number of nitrogen functional groups attached to an aromatic ring is 2. The monoisotopic (exact) mass is 327 g/mol. The second kappa shape index (κ2) is 4.99. The van der Waals surface area contributed by atoms with E-state index in [4.69, 9.17) is 11.5 Å². The lowest BCUT2D eigenvalue weighted by atomic mass is 10.1. The van der Waals surface area contributed by atoms with Gasteiger partial charge in [0.2, 0.25) is 0 Å². The maximum absolute atomic E-state index is 13.1. The molecule has 0 aliphatic heterocycles. The number of halogens is 1. The van der Waals surface area contributed by atoms with E-state index in [0.29, 0.717) is 28.0 Å². The van der Waals surface area contributed by atoms with Crippen LogP contribution in [0.4, 0.5) is 16.0 Å². The quantitative estimate of drug-likeness (QED) is 0.584. The van der Waals surface area contributed by atoms with Crippen LogP contribution in [-0.2, 0) is 0 Å². The van der Waals surface area contributed by atoms with Crippen LogP contribution in [0.2, 0.25) is 0 Å². The Morgan fingerprint density at radius 1 is 1.09 bits per heavy atom. The van der Waals surface area contributed by atoms with Crippen LogP contribution in [0.3, 0.4) is 0 Å². The van der Waals surface area contributed by atoms with E-state index in [1.54, 1.807) is 23.7 Å². The molecule has 3 aromatic heterocycles. The number of benzene rings is 1. The number of nitrogens with zero attached hydrogens (tertiary/aromatic N) is 5. The van der Waals surface area contributed by atoms with E-state index in [0.717, 1.165) is 11.1 Å². The zero-order chi connectivity index (χ0) is 16.0. The summed E-state index contributed by atoms with van der Waals surface area (Å²) in [5, 5.41) is 14.9. The van der Waals surface area contributed by atoms with E-state index in [9.17, 15) is 4.39 Å². The van der Waals surface area contributed by atoms with Crippen LogP contribution in [0.1, 0.15) is 0 Å². The fraction of sp³-hybridized carbons (Fsp3) is 0. The number of anilines is 2. The minimum atomic E-state index is -0.306. The van der Waals surface area contributed by atoms with Gasteiger partial charge in [0.05, 0.1) is 6.20 Å². The highest BCUT2D eigenvalue weighted by atomic mass is 32.1. The Kier molecular flexibility index (Phi) is 2.95. The number of aromatic nitrogens is 5. The molecule has 114 valence electrons. The minimum absolute atomic E-state index is 0.306. The van der Waals surface area contributed by atoms with Crippen molar-refractivity contribution in [2.45, 2.75) is 0 Å². The third-order valence-corrected chi connectivity index (χ3v) is 4.21. The van der Waals surface area contributed by atoms with Gasteiger partial charge >= 0.3 is 0 Å². The van der Waals surface area contributed by atoms with Crippen molar-refractivity contribution in [2.24, 2.45) is 0 Å². The molecule has 7 nitrogen and oxygen atoms in total. The lowest BCUT2D eigenvalue weighted by Crippen LogP contribution is -2.05. The molecule has 0 aliphatic carbocycles. The standard InChI is InChI=1S/C14H10FN7S/c15-8-3-1-7(2-4-8)9-5-18-22-12(17)11(20-21-13(9)22)14-19-10(16)6-23-14/h1-6H,16-17H2. The molecule has 0 radical (unpaired) electrons. The highest BCUT2D eigenvalue weighted by molar-refractivity contribution is 7.13. The third-order valence-electron chi connectivity index (χ3n) is 3.34. The summed E-state index contributed by atoms with van der Waals surface area (Å²) in [5.74, 6) is 0.413. The zero-order valence-corrected chi connectivity index (χ0v) is 12.5. The summed E-state index contributed by atoms with van der Waals surface area (Å²) in [6.45, 7) is 0. The maximum Gasteiger partial charge on any atom is 0.187 e. The van der Waals surface area contributed by atoms with Gasteiger partial charge in [-0.15, -0.1) is 21.5 Å². The average Bonchev–Trinajstić information content (AvgIpc) is 3.15. The number of fused-ring (bicyclic) bond motifs is 1. The van der Waals surface area contributed by atoms with Crippen LogP contribution in [0.15, 0.2) is 35.8 Å². The molecule has 23 heavy (non-hydrogen) atoms. The normalized spacial score (nSPS) is 11.2. The van der Waals surface area contributed by atoms with Crippen LogP contribution in [0.25, 0.3) is 27.5 Å². The summed E-state index contributed by atoms with van der Waals surface area (Å²) in [6, 6.07) is 6.06. The summed E-state index contributed by atoms with van der Waals surface area (Å²) < 4.78 is 14.5. The molecule has 0 atom stereocenters. The molecule has 9 heteroatoms. The summed E-state index contributed by atoms with van der Waals surface area (Å²) in [5.41, 5.74) is 14.2. The molecular formula is C14H10FN7S. The van der Waals surface area contributed by atoms with Gasteiger partial charge in [0.25, 0.3) is 0 Å². The van der Waals surface area contributed by atoms with Crippen LogP contribution in [0, 0.1) is 5.82 Å². The van der Waals surface area contributed by atoms with Crippen LogP contribution >= 0.6 is 11.3 Å². The van der Waals surface area contributed by atoms with E-state index in [1.807, 2.05) is 0 Å². The second-order valence-electron chi connectivity index (χ2n) is 4.81. The molecule has 1 aromatic carbocycles. The first-order chi connectivity index (χ1) is 11.1. The molecular weight excluding hydrogens is 317 g/mol. The van der Waals surface area contributed by atoms with Gasteiger partial charge in [-0.3, -0.25) is 0 Å². The van der Waals surface area contributed by atoms with Crippen molar-refractivity contribution in [1.82, 2.24) is 24.8 Å². The molecule has 0 saturated heterocycles. The van der Waals surface area contributed by atoms with Crippen molar-refractivity contribution in [1.29, 1.82) is 0 Å². The minimum Gasteiger partial charge on any atom is -0.383 e. The van der Waals surface area contributed by atoms with Gasteiger partial charge in [0, 0.05) is 10.9 Å². The van der Waals surface area contributed by atoms with Crippen molar-refractivity contribution in [2.75, 3.05) is 11.5 Å². The summed E-state index contributed by atoms with van der Waals surface area (Å²) in [7, 11) is 0. The predicted molar refractivity (Wildman–Crippen MR) is 86.1 cm³/mol. The highest BCUT2D eigenvalue weighted by Gasteiger charge is 2.17. The van der Waals surface area contributed by atoms with Gasteiger partial charge < -0.3 is 11.5 Å². The molecule has 0 unspecified atom stereocenters. The Balaban J connectivity index is 1.88. The second-order valence-corrected chi connectivity index (χ2v) is 5.67. The molecule has 4 N–H and O–H groups in total. The molecule has 0 spiro atoms. The van der Waals surface area contributed by atoms with E-state index in [-0.39, 0.29) is 5.82 Å². The average molecular weight is 327 g/mol. The first kappa shape index (κ1) is 13.6.